The van der Waals surface area contributed by atoms with Crippen LogP contribution in [0.2, 0.25) is 0 Å². The molecular weight excluding hydrogens is 480 g/mol. The maximum Gasteiger partial charge on any atom is 0.276 e. The first-order valence-electron chi connectivity index (χ1n) is 13.2. The average Bonchev–Trinajstić information content (AvgIpc) is 3.65. The average molecular weight is 511 g/mol. The zero-order valence-corrected chi connectivity index (χ0v) is 21.0. The van der Waals surface area contributed by atoms with Crippen LogP contribution < -0.4 is 21.3 Å². The molecule has 1 aromatic carbocycles. The molecule has 4 N–H and O–H groups in total. The fourth-order valence-electron chi connectivity index (χ4n) is 4.73. The molecule has 10 heteroatoms. The lowest BCUT2D eigenvalue weighted by molar-refractivity contribution is 0.0950. The molecule has 0 bridgehead atoms. The van der Waals surface area contributed by atoms with Gasteiger partial charge in [0.15, 0.2) is 11.3 Å². The van der Waals surface area contributed by atoms with Crippen LogP contribution in [0, 0.1) is 0 Å². The van der Waals surface area contributed by atoms with E-state index < -0.39 is 0 Å². The molecule has 6 rings (SSSR count). The second-order valence-corrected chi connectivity index (χ2v) is 9.94. The summed E-state index contributed by atoms with van der Waals surface area (Å²) in [5, 5.41) is 17.6. The van der Waals surface area contributed by atoms with E-state index in [1.807, 2.05) is 18.2 Å². The number of nitrogens with zero attached hydrogens (tertiary/aromatic N) is 4. The number of hydrogen-bond donors (Lipinski definition) is 4. The molecule has 2 saturated carbocycles. The van der Waals surface area contributed by atoms with E-state index >= 15 is 0 Å². The number of fused-ring (bicyclic) bond motifs is 1. The maximum absolute atomic E-state index is 13.1. The number of benzene rings is 1. The van der Waals surface area contributed by atoms with Gasteiger partial charge in [0.25, 0.3) is 11.8 Å². The van der Waals surface area contributed by atoms with Gasteiger partial charge in [0, 0.05) is 47.5 Å². The molecule has 2 amide bonds. The molecule has 0 atom stereocenters. The summed E-state index contributed by atoms with van der Waals surface area (Å²) in [4.78, 5) is 34.0. The Kier molecular flexibility index (Phi) is 6.60. The van der Waals surface area contributed by atoms with Crippen LogP contribution >= 0.6 is 0 Å². The molecule has 4 aromatic rings. The van der Waals surface area contributed by atoms with Gasteiger partial charge < -0.3 is 21.3 Å². The van der Waals surface area contributed by atoms with Crippen molar-refractivity contribution in [2.45, 2.75) is 57.0 Å². The summed E-state index contributed by atoms with van der Waals surface area (Å²) in [6.45, 7) is 0. The number of anilines is 4. The zero-order valence-electron chi connectivity index (χ0n) is 21.0. The first-order valence-corrected chi connectivity index (χ1v) is 13.2. The van der Waals surface area contributed by atoms with E-state index in [1.54, 1.807) is 41.2 Å². The van der Waals surface area contributed by atoms with Gasteiger partial charge in [-0.25, -0.2) is 9.50 Å². The van der Waals surface area contributed by atoms with Gasteiger partial charge in [-0.3, -0.25) is 14.6 Å². The second-order valence-electron chi connectivity index (χ2n) is 9.94. The van der Waals surface area contributed by atoms with Gasteiger partial charge in [0.1, 0.15) is 5.82 Å². The Labute approximate surface area is 220 Å². The van der Waals surface area contributed by atoms with Crippen LogP contribution in [0.4, 0.5) is 22.9 Å². The fourth-order valence-corrected chi connectivity index (χ4v) is 4.73. The largest absolute Gasteiger partial charge is 0.366 e. The lowest BCUT2D eigenvalue weighted by Gasteiger charge is -2.23. The molecule has 2 aliphatic carbocycles. The first-order chi connectivity index (χ1) is 18.6. The van der Waals surface area contributed by atoms with Crippen LogP contribution in [0.15, 0.2) is 61.1 Å². The number of carbonyl (C=O) groups excluding carboxylic acids is 2. The first kappa shape index (κ1) is 23.9. The summed E-state index contributed by atoms with van der Waals surface area (Å²) in [5.74, 6) is 0.300. The molecule has 10 nitrogen and oxygen atoms in total. The molecule has 3 aromatic heterocycles. The minimum Gasteiger partial charge on any atom is -0.366 e. The van der Waals surface area contributed by atoms with Gasteiger partial charge >= 0.3 is 0 Å². The molecular formula is C28H30N8O2. The Morgan fingerprint density at radius 1 is 0.842 bits per heavy atom. The van der Waals surface area contributed by atoms with E-state index in [4.69, 9.17) is 5.10 Å². The van der Waals surface area contributed by atoms with Crippen molar-refractivity contribution < 1.29 is 9.59 Å². The molecule has 0 saturated heterocycles. The van der Waals surface area contributed by atoms with Gasteiger partial charge in [-0.05, 0) is 62.1 Å². The highest BCUT2D eigenvalue weighted by Gasteiger charge is 2.24. The third-order valence-corrected chi connectivity index (χ3v) is 6.93. The molecule has 0 aliphatic heterocycles. The molecule has 0 spiro atoms. The Bertz CT molecular complexity index is 1440. The highest BCUT2D eigenvalue weighted by atomic mass is 16.2. The Morgan fingerprint density at radius 3 is 2.34 bits per heavy atom. The van der Waals surface area contributed by atoms with Crippen LogP contribution in [0.1, 0.15) is 65.8 Å². The van der Waals surface area contributed by atoms with Crippen LogP contribution in [0.5, 0.6) is 0 Å². The summed E-state index contributed by atoms with van der Waals surface area (Å²) in [6, 6.07) is 13.4. The van der Waals surface area contributed by atoms with Gasteiger partial charge in [-0.1, -0.05) is 19.3 Å². The Balaban J connectivity index is 1.29. The van der Waals surface area contributed by atoms with Crippen molar-refractivity contribution in [1.29, 1.82) is 0 Å². The van der Waals surface area contributed by atoms with E-state index in [0.29, 0.717) is 46.2 Å². The van der Waals surface area contributed by atoms with Crippen LogP contribution in [0.3, 0.4) is 0 Å². The summed E-state index contributed by atoms with van der Waals surface area (Å²) in [5.41, 5.74) is 3.61. The number of aromatic nitrogens is 4. The highest BCUT2D eigenvalue weighted by molar-refractivity contribution is 6.03. The molecule has 3 heterocycles. The maximum atomic E-state index is 13.1. The number of hydrogen-bond acceptors (Lipinski definition) is 7. The van der Waals surface area contributed by atoms with E-state index in [1.165, 1.54) is 25.5 Å². The fraction of sp³-hybridized carbons (Fsp3) is 0.321. The summed E-state index contributed by atoms with van der Waals surface area (Å²) >= 11 is 0. The van der Waals surface area contributed by atoms with Crippen molar-refractivity contribution in [1.82, 2.24) is 24.9 Å². The van der Waals surface area contributed by atoms with E-state index in [2.05, 4.69) is 31.2 Å². The second kappa shape index (κ2) is 10.5. The highest BCUT2D eigenvalue weighted by Crippen LogP contribution is 2.27. The van der Waals surface area contributed by atoms with Crippen LogP contribution in [-0.2, 0) is 0 Å². The minimum absolute atomic E-state index is 0.0533. The molecule has 194 valence electrons. The normalized spacial score (nSPS) is 15.7. The molecule has 0 unspecified atom stereocenters. The van der Waals surface area contributed by atoms with Crippen molar-refractivity contribution in [2.24, 2.45) is 0 Å². The third kappa shape index (κ3) is 5.44. The predicted octanol–water partition coefficient (Wildman–Crippen LogP) is 4.76. The number of nitrogens with one attached hydrogen (secondary N) is 4. The van der Waals surface area contributed by atoms with E-state index in [0.717, 1.165) is 31.4 Å². The van der Waals surface area contributed by atoms with Crippen molar-refractivity contribution in [2.75, 3.05) is 16.0 Å². The number of amides is 2. The van der Waals surface area contributed by atoms with Crippen LogP contribution in [-0.4, -0.2) is 43.5 Å². The molecule has 2 fully saturated rings. The third-order valence-electron chi connectivity index (χ3n) is 6.93. The lowest BCUT2D eigenvalue weighted by Crippen LogP contribution is -2.25. The van der Waals surface area contributed by atoms with Gasteiger partial charge in [-0.15, -0.1) is 5.10 Å². The van der Waals surface area contributed by atoms with E-state index in [-0.39, 0.29) is 11.8 Å². The van der Waals surface area contributed by atoms with Crippen molar-refractivity contribution in [3.63, 3.8) is 0 Å². The number of pyridine rings is 1. The van der Waals surface area contributed by atoms with Gasteiger partial charge in [-0.2, -0.15) is 0 Å². The van der Waals surface area contributed by atoms with Crippen molar-refractivity contribution in [3.8, 4) is 0 Å². The monoisotopic (exact) mass is 510 g/mol. The summed E-state index contributed by atoms with van der Waals surface area (Å²) < 4.78 is 1.57. The predicted molar refractivity (Wildman–Crippen MR) is 146 cm³/mol. The molecule has 38 heavy (non-hydrogen) atoms. The summed E-state index contributed by atoms with van der Waals surface area (Å²) in [7, 11) is 0. The Morgan fingerprint density at radius 2 is 1.61 bits per heavy atom. The number of carbonyl (C=O) groups is 2. The topological polar surface area (TPSA) is 125 Å². The minimum atomic E-state index is -0.317. The SMILES string of the molecule is O=C(NC1CC1)c1ccc(Nc2cc(NC3CCCCC3)nn3c(C(=O)Nc4ccncc4)cnc23)cc1. The molecule has 0 radical (unpaired) electrons. The number of imidazole rings is 1. The van der Waals surface area contributed by atoms with Crippen molar-refractivity contribution >= 4 is 40.3 Å². The van der Waals surface area contributed by atoms with Crippen molar-refractivity contribution in [3.05, 3.63) is 72.3 Å². The quantitative estimate of drug-likeness (QED) is 0.269. The van der Waals surface area contributed by atoms with Gasteiger partial charge in [0.05, 0.1) is 11.9 Å². The van der Waals surface area contributed by atoms with E-state index in [9.17, 15) is 9.59 Å². The number of rotatable bonds is 8. The summed E-state index contributed by atoms with van der Waals surface area (Å²) in [6.07, 6.45) is 12.7. The molecule has 2 aliphatic rings. The lowest BCUT2D eigenvalue weighted by atomic mass is 9.95. The standard InChI is InChI=1S/C28H30N8O2/c37-27(33-21-10-11-21)18-6-8-20(9-7-18)31-23-16-25(32-19-4-2-1-3-5-19)35-36-24(17-30-26(23)36)28(38)34-22-12-14-29-15-13-22/h6-9,12-17,19,21,31H,1-5,10-11H2,(H,32,35)(H,33,37)(H,29,34,38). The smallest absolute Gasteiger partial charge is 0.276 e. The zero-order chi connectivity index (χ0) is 25.9. The van der Waals surface area contributed by atoms with Crippen LogP contribution in [0.25, 0.3) is 5.65 Å². The van der Waals surface area contributed by atoms with Gasteiger partial charge in [0.2, 0.25) is 0 Å². The Hall–Kier alpha value is -4.47.